The third kappa shape index (κ3) is 8.30. The van der Waals surface area contributed by atoms with Gasteiger partial charge in [-0.25, -0.2) is 0 Å². The molecule has 0 unspecified atom stereocenters. The summed E-state index contributed by atoms with van der Waals surface area (Å²) < 4.78 is 35.4. The van der Waals surface area contributed by atoms with Gasteiger partial charge in [-0.1, -0.05) is 60.7 Å². The predicted octanol–water partition coefficient (Wildman–Crippen LogP) is 6.23. The van der Waals surface area contributed by atoms with E-state index >= 15 is 0 Å². The molecule has 0 bridgehead atoms. The molecule has 11 nitrogen and oxygen atoms in total. The molecular formula is C40H37N3O8. The SMILES string of the molecule is CN1NN(CCOCCOc2ccc3c(=O)cc(-c4ccccc4)oc3c2)C=C1COCCOc1ccc2c(=O)cc(-c3ccccc3)oc2c1. The van der Waals surface area contributed by atoms with Crippen molar-refractivity contribution in [1.82, 2.24) is 15.6 Å². The number of hydrogen-bond donors (Lipinski definition) is 1. The summed E-state index contributed by atoms with van der Waals surface area (Å²) in [5.74, 6) is 2.22. The molecule has 0 saturated heterocycles. The third-order valence-corrected chi connectivity index (χ3v) is 8.25. The van der Waals surface area contributed by atoms with Gasteiger partial charge >= 0.3 is 0 Å². The second-order valence-corrected chi connectivity index (χ2v) is 11.8. The molecule has 0 radical (unpaired) electrons. The first-order valence-corrected chi connectivity index (χ1v) is 16.7. The summed E-state index contributed by atoms with van der Waals surface area (Å²) in [6.45, 7) is 2.94. The van der Waals surface area contributed by atoms with E-state index < -0.39 is 0 Å². The number of nitrogens with one attached hydrogen (secondary N) is 1. The molecule has 2 aromatic heterocycles. The van der Waals surface area contributed by atoms with Crippen molar-refractivity contribution in [2.24, 2.45) is 0 Å². The van der Waals surface area contributed by atoms with Gasteiger partial charge in [-0.3, -0.25) is 19.6 Å². The Bertz CT molecular complexity index is 2250. The van der Waals surface area contributed by atoms with Crippen LogP contribution in [-0.2, 0) is 9.47 Å². The van der Waals surface area contributed by atoms with Crippen molar-refractivity contribution in [1.29, 1.82) is 0 Å². The van der Waals surface area contributed by atoms with Crippen molar-refractivity contribution in [2.45, 2.75) is 0 Å². The van der Waals surface area contributed by atoms with Crippen LogP contribution in [0.2, 0.25) is 0 Å². The minimum atomic E-state index is -0.101. The molecule has 0 atom stereocenters. The molecule has 0 amide bonds. The lowest BCUT2D eigenvalue weighted by Crippen LogP contribution is -2.40. The molecule has 7 rings (SSSR count). The summed E-state index contributed by atoms with van der Waals surface area (Å²) in [7, 11) is 1.92. The molecule has 0 spiro atoms. The van der Waals surface area contributed by atoms with Crippen LogP contribution < -0.4 is 25.9 Å². The summed E-state index contributed by atoms with van der Waals surface area (Å²) in [5, 5.41) is 4.82. The second-order valence-electron chi connectivity index (χ2n) is 11.8. The Balaban J connectivity index is 0.815. The van der Waals surface area contributed by atoms with Gasteiger partial charge in [0.2, 0.25) is 0 Å². The topological polar surface area (TPSA) is 116 Å². The minimum absolute atomic E-state index is 0.0997. The molecule has 51 heavy (non-hydrogen) atoms. The summed E-state index contributed by atoms with van der Waals surface area (Å²) in [4.78, 5) is 25.2. The van der Waals surface area contributed by atoms with Crippen LogP contribution >= 0.6 is 0 Å². The highest BCUT2D eigenvalue weighted by Crippen LogP contribution is 2.26. The van der Waals surface area contributed by atoms with Crippen LogP contribution in [-0.4, -0.2) is 63.3 Å². The number of likely N-dealkylation sites (N-methyl/N-ethyl adjacent to an activating group) is 1. The monoisotopic (exact) mass is 687 g/mol. The van der Waals surface area contributed by atoms with Crippen molar-refractivity contribution in [2.75, 3.05) is 53.2 Å². The van der Waals surface area contributed by atoms with Gasteiger partial charge in [-0.05, 0) is 24.3 Å². The van der Waals surface area contributed by atoms with Crippen molar-refractivity contribution in [3.05, 3.63) is 142 Å². The first kappa shape index (κ1) is 33.6. The Kier molecular flexibility index (Phi) is 10.4. The fourth-order valence-corrected chi connectivity index (χ4v) is 5.62. The van der Waals surface area contributed by atoms with Crippen LogP contribution in [0.5, 0.6) is 11.5 Å². The van der Waals surface area contributed by atoms with Crippen LogP contribution in [0.3, 0.4) is 0 Å². The Morgan fingerprint density at radius 1 is 0.608 bits per heavy atom. The van der Waals surface area contributed by atoms with Crippen LogP contribution in [0.15, 0.2) is 140 Å². The minimum Gasteiger partial charge on any atom is -0.491 e. The maximum Gasteiger partial charge on any atom is 0.193 e. The van der Waals surface area contributed by atoms with E-state index in [1.807, 2.05) is 83.9 Å². The van der Waals surface area contributed by atoms with Crippen LogP contribution in [0.4, 0.5) is 0 Å². The summed E-state index contributed by atoms with van der Waals surface area (Å²) >= 11 is 0. The number of rotatable bonds is 15. The van der Waals surface area contributed by atoms with E-state index in [-0.39, 0.29) is 10.9 Å². The molecular weight excluding hydrogens is 650 g/mol. The maximum absolute atomic E-state index is 12.6. The highest BCUT2D eigenvalue weighted by atomic mass is 16.5. The molecule has 1 aliphatic heterocycles. The van der Waals surface area contributed by atoms with Crippen molar-refractivity contribution >= 4 is 21.9 Å². The second kappa shape index (κ2) is 15.8. The lowest BCUT2D eigenvalue weighted by molar-refractivity contribution is 0.0602. The van der Waals surface area contributed by atoms with Crippen molar-refractivity contribution in [3.8, 4) is 34.1 Å². The molecule has 3 heterocycles. The van der Waals surface area contributed by atoms with E-state index in [1.54, 1.807) is 36.4 Å². The average molecular weight is 688 g/mol. The van der Waals surface area contributed by atoms with E-state index in [2.05, 4.69) is 5.53 Å². The predicted molar refractivity (Wildman–Crippen MR) is 194 cm³/mol. The lowest BCUT2D eigenvalue weighted by atomic mass is 10.1. The first-order valence-electron chi connectivity index (χ1n) is 16.7. The van der Waals surface area contributed by atoms with Crippen LogP contribution in [0.25, 0.3) is 44.6 Å². The molecule has 260 valence electrons. The summed E-state index contributed by atoms with van der Waals surface area (Å²) in [6.07, 6.45) is 1.98. The number of benzene rings is 4. The Labute approximate surface area is 293 Å². The fourth-order valence-electron chi connectivity index (χ4n) is 5.62. The molecule has 0 fully saturated rings. The fraction of sp³-hybridized carbons (Fsp3) is 0.200. The molecule has 6 aromatic rings. The van der Waals surface area contributed by atoms with E-state index in [9.17, 15) is 9.59 Å². The Morgan fingerprint density at radius 2 is 1.14 bits per heavy atom. The third-order valence-electron chi connectivity index (χ3n) is 8.25. The van der Waals surface area contributed by atoms with Crippen molar-refractivity contribution < 1.29 is 27.8 Å². The standard InChI is InChI=1S/C40H37N3O8/c1-42-30(27-47-19-21-49-32-13-15-34-36(45)25-38(51-40(34)23-32)29-10-6-3-7-11-29)26-43(41-42)16-17-46-18-20-48-31-12-14-33-35(44)24-37(50-39(33)22-31)28-8-4-2-5-9-28/h2-15,22-26,41H,16-21,27H2,1H3. The van der Waals surface area contributed by atoms with Gasteiger partial charge in [0.25, 0.3) is 0 Å². The van der Waals surface area contributed by atoms with Crippen LogP contribution in [0, 0.1) is 0 Å². The average Bonchev–Trinajstić information content (AvgIpc) is 3.51. The van der Waals surface area contributed by atoms with Crippen LogP contribution in [0.1, 0.15) is 0 Å². The molecule has 4 aromatic carbocycles. The van der Waals surface area contributed by atoms with Gasteiger partial charge in [0.05, 0.1) is 49.4 Å². The number of hydrogen-bond acceptors (Lipinski definition) is 11. The molecule has 11 heteroatoms. The highest BCUT2D eigenvalue weighted by molar-refractivity contribution is 5.81. The summed E-state index contributed by atoms with van der Waals surface area (Å²) in [5.41, 5.74) is 6.62. The van der Waals surface area contributed by atoms with Gasteiger partial charge in [-0.15, -0.1) is 5.53 Å². The van der Waals surface area contributed by atoms with E-state index in [1.165, 1.54) is 12.1 Å². The zero-order valence-corrected chi connectivity index (χ0v) is 28.1. The van der Waals surface area contributed by atoms with Gasteiger partial charge in [-0.2, -0.15) is 0 Å². The molecule has 1 aliphatic rings. The maximum atomic E-state index is 12.6. The number of ether oxygens (including phenoxy) is 4. The number of fused-ring (bicyclic) bond motifs is 2. The molecule has 1 N–H and O–H groups in total. The van der Waals surface area contributed by atoms with E-state index in [4.69, 9.17) is 27.8 Å². The van der Waals surface area contributed by atoms with Crippen molar-refractivity contribution in [3.63, 3.8) is 0 Å². The number of nitrogens with zero attached hydrogens (tertiary/aromatic N) is 2. The zero-order chi connectivity index (χ0) is 35.0. The lowest BCUT2D eigenvalue weighted by Gasteiger charge is -2.20. The molecule has 0 saturated carbocycles. The van der Waals surface area contributed by atoms with E-state index in [0.717, 1.165) is 16.8 Å². The van der Waals surface area contributed by atoms with Gasteiger partial charge in [0, 0.05) is 48.6 Å². The first-order chi connectivity index (χ1) is 25.0. The Morgan fingerprint density at radius 3 is 1.69 bits per heavy atom. The normalized spacial score (nSPS) is 12.8. The zero-order valence-electron chi connectivity index (χ0n) is 28.1. The largest absolute Gasteiger partial charge is 0.491 e. The smallest absolute Gasteiger partial charge is 0.193 e. The highest BCUT2D eigenvalue weighted by Gasteiger charge is 2.17. The molecule has 0 aliphatic carbocycles. The number of hydrazine groups is 2. The van der Waals surface area contributed by atoms with E-state index in [0.29, 0.717) is 91.1 Å². The quantitative estimate of drug-likeness (QED) is 0.124. The Hall–Kier alpha value is -5.88. The summed E-state index contributed by atoms with van der Waals surface area (Å²) in [6, 6.07) is 32.5. The van der Waals surface area contributed by atoms with Gasteiger partial charge in [0.1, 0.15) is 47.4 Å². The van der Waals surface area contributed by atoms with Gasteiger partial charge < -0.3 is 27.8 Å². The van der Waals surface area contributed by atoms with Gasteiger partial charge in [0.15, 0.2) is 10.9 Å².